The van der Waals surface area contributed by atoms with Gasteiger partial charge in [0.25, 0.3) is 0 Å². The van der Waals surface area contributed by atoms with Gasteiger partial charge in [-0.05, 0) is 11.5 Å². The van der Waals surface area contributed by atoms with Crippen LogP contribution in [0.2, 0.25) is 0 Å². The average Bonchev–Trinajstić information content (AvgIpc) is 2.13. The smallest absolute Gasteiger partial charge is 0.311 e. The van der Waals surface area contributed by atoms with Crippen LogP contribution in [-0.4, -0.2) is 16.5 Å². The van der Waals surface area contributed by atoms with E-state index in [0.29, 0.717) is 6.54 Å². The zero-order valence-corrected chi connectivity index (χ0v) is 9.65. The standard InChI is InChI=1S/C10H16N4O2/c1-10(2,3)6-12-9-7(14(15)16)4-5-8(11)13-9/h4-5H,6H2,1-3H3,(H3,11,12,13). The highest BCUT2D eigenvalue weighted by molar-refractivity contribution is 5.59. The zero-order chi connectivity index (χ0) is 12.3. The number of hydrogen-bond acceptors (Lipinski definition) is 5. The maximum absolute atomic E-state index is 10.7. The number of rotatable bonds is 3. The van der Waals surface area contributed by atoms with Gasteiger partial charge in [0, 0.05) is 12.6 Å². The molecule has 88 valence electrons. The van der Waals surface area contributed by atoms with Crippen LogP contribution in [0, 0.1) is 15.5 Å². The summed E-state index contributed by atoms with van der Waals surface area (Å²) >= 11 is 0. The molecule has 0 saturated carbocycles. The molecule has 0 aliphatic rings. The first kappa shape index (κ1) is 12.2. The minimum atomic E-state index is -0.475. The van der Waals surface area contributed by atoms with Crippen molar-refractivity contribution in [2.24, 2.45) is 5.41 Å². The third-order valence-corrected chi connectivity index (χ3v) is 1.88. The van der Waals surface area contributed by atoms with Gasteiger partial charge in [0.1, 0.15) is 5.82 Å². The topological polar surface area (TPSA) is 94.1 Å². The van der Waals surface area contributed by atoms with Gasteiger partial charge in [0.2, 0.25) is 5.82 Å². The van der Waals surface area contributed by atoms with Crippen molar-refractivity contribution < 1.29 is 4.92 Å². The Morgan fingerprint density at radius 1 is 1.50 bits per heavy atom. The molecule has 3 N–H and O–H groups in total. The molecule has 16 heavy (non-hydrogen) atoms. The molecule has 6 nitrogen and oxygen atoms in total. The summed E-state index contributed by atoms with van der Waals surface area (Å²) in [5.74, 6) is 0.488. The molecule has 0 saturated heterocycles. The molecule has 0 aromatic carbocycles. The number of nitrogens with zero attached hydrogens (tertiary/aromatic N) is 2. The summed E-state index contributed by atoms with van der Waals surface area (Å²) in [4.78, 5) is 14.2. The highest BCUT2D eigenvalue weighted by Gasteiger charge is 2.17. The Balaban J connectivity index is 2.93. The van der Waals surface area contributed by atoms with Crippen molar-refractivity contribution in [3.8, 4) is 0 Å². The van der Waals surface area contributed by atoms with Crippen LogP contribution < -0.4 is 11.1 Å². The Hall–Kier alpha value is -1.85. The van der Waals surface area contributed by atoms with Gasteiger partial charge in [-0.25, -0.2) is 4.98 Å². The van der Waals surface area contributed by atoms with Crippen molar-refractivity contribution >= 4 is 17.3 Å². The number of nitrogen functional groups attached to an aromatic ring is 1. The van der Waals surface area contributed by atoms with Gasteiger partial charge in [-0.3, -0.25) is 10.1 Å². The van der Waals surface area contributed by atoms with Gasteiger partial charge in [0.05, 0.1) is 4.92 Å². The van der Waals surface area contributed by atoms with Gasteiger partial charge in [-0.15, -0.1) is 0 Å². The lowest BCUT2D eigenvalue weighted by Gasteiger charge is -2.19. The molecule has 1 heterocycles. The molecule has 0 radical (unpaired) electrons. The number of nitrogens with two attached hydrogens (primary N) is 1. The van der Waals surface area contributed by atoms with E-state index < -0.39 is 4.92 Å². The summed E-state index contributed by atoms with van der Waals surface area (Å²) < 4.78 is 0. The Kier molecular flexibility index (Phi) is 3.31. The minimum Gasteiger partial charge on any atom is -0.384 e. The van der Waals surface area contributed by atoms with Crippen LogP contribution in [0.4, 0.5) is 17.3 Å². The molecule has 0 amide bonds. The van der Waals surface area contributed by atoms with Crippen LogP contribution >= 0.6 is 0 Å². The quantitative estimate of drug-likeness (QED) is 0.605. The number of pyridine rings is 1. The lowest BCUT2D eigenvalue weighted by atomic mass is 9.97. The number of nitrogens with one attached hydrogen (secondary N) is 1. The predicted molar refractivity (Wildman–Crippen MR) is 63.2 cm³/mol. The molecule has 0 atom stereocenters. The molecule has 1 aromatic heterocycles. The molecule has 1 aromatic rings. The summed E-state index contributed by atoms with van der Waals surface area (Å²) in [5, 5.41) is 13.7. The lowest BCUT2D eigenvalue weighted by molar-refractivity contribution is -0.384. The summed E-state index contributed by atoms with van der Waals surface area (Å²) in [6, 6.07) is 2.77. The van der Waals surface area contributed by atoms with Gasteiger partial charge < -0.3 is 11.1 Å². The van der Waals surface area contributed by atoms with Crippen molar-refractivity contribution in [2.45, 2.75) is 20.8 Å². The normalized spacial score (nSPS) is 11.2. The van der Waals surface area contributed by atoms with E-state index >= 15 is 0 Å². The average molecular weight is 224 g/mol. The van der Waals surface area contributed by atoms with Crippen LogP contribution in [-0.2, 0) is 0 Å². The number of anilines is 2. The number of nitro groups is 1. The fourth-order valence-electron chi connectivity index (χ4n) is 1.09. The molecule has 0 aliphatic heterocycles. The number of aromatic nitrogens is 1. The van der Waals surface area contributed by atoms with Crippen molar-refractivity contribution in [2.75, 3.05) is 17.6 Å². The Bertz CT molecular complexity index is 398. The SMILES string of the molecule is CC(C)(C)CNc1nc(N)ccc1[N+](=O)[O-]. The van der Waals surface area contributed by atoms with E-state index in [9.17, 15) is 10.1 Å². The maximum Gasteiger partial charge on any atom is 0.311 e. The second-order valence-electron chi connectivity index (χ2n) is 4.78. The van der Waals surface area contributed by atoms with E-state index in [-0.39, 0.29) is 22.7 Å². The lowest BCUT2D eigenvalue weighted by Crippen LogP contribution is -2.20. The zero-order valence-electron chi connectivity index (χ0n) is 9.65. The van der Waals surface area contributed by atoms with Crippen molar-refractivity contribution in [3.63, 3.8) is 0 Å². The van der Waals surface area contributed by atoms with Gasteiger partial charge in [-0.2, -0.15) is 0 Å². The monoisotopic (exact) mass is 224 g/mol. The van der Waals surface area contributed by atoms with E-state index in [0.717, 1.165) is 0 Å². The Morgan fingerprint density at radius 3 is 2.62 bits per heavy atom. The van der Waals surface area contributed by atoms with Crippen LogP contribution in [0.1, 0.15) is 20.8 Å². The molecule has 0 bridgehead atoms. The van der Waals surface area contributed by atoms with Gasteiger partial charge >= 0.3 is 5.69 Å². The van der Waals surface area contributed by atoms with Crippen molar-refractivity contribution in [1.82, 2.24) is 4.98 Å². The molecule has 1 rings (SSSR count). The Labute approximate surface area is 94.0 Å². The molecular weight excluding hydrogens is 208 g/mol. The highest BCUT2D eigenvalue weighted by atomic mass is 16.6. The second kappa shape index (κ2) is 4.34. The summed E-state index contributed by atoms with van der Waals surface area (Å²) in [6.45, 7) is 6.67. The molecule has 0 fully saturated rings. The van der Waals surface area contributed by atoms with E-state index in [1.165, 1.54) is 12.1 Å². The van der Waals surface area contributed by atoms with E-state index in [4.69, 9.17) is 5.73 Å². The summed E-state index contributed by atoms with van der Waals surface area (Å²) in [7, 11) is 0. The molecule has 0 unspecified atom stereocenters. The fourth-order valence-corrected chi connectivity index (χ4v) is 1.09. The summed E-state index contributed by atoms with van der Waals surface area (Å²) in [5.41, 5.74) is 5.45. The minimum absolute atomic E-state index is 0.0140. The second-order valence-corrected chi connectivity index (χ2v) is 4.78. The first-order chi connectivity index (χ1) is 7.29. The van der Waals surface area contributed by atoms with Crippen molar-refractivity contribution in [3.05, 3.63) is 22.2 Å². The van der Waals surface area contributed by atoms with Crippen molar-refractivity contribution in [1.29, 1.82) is 0 Å². The van der Waals surface area contributed by atoms with Crippen LogP contribution in [0.5, 0.6) is 0 Å². The molecule has 6 heteroatoms. The first-order valence-electron chi connectivity index (χ1n) is 4.94. The molecule has 0 aliphatic carbocycles. The maximum atomic E-state index is 10.7. The Morgan fingerprint density at radius 2 is 2.12 bits per heavy atom. The summed E-state index contributed by atoms with van der Waals surface area (Å²) in [6.07, 6.45) is 0. The van der Waals surface area contributed by atoms with E-state index in [2.05, 4.69) is 10.3 Å². The number of hydrogen-bond donors (Lipinski definition) is 2. The third kappa shape index (κ3) is 3.38. The fraction of sp³-hybridized carbons (Fsp3) is 0.500. The first-order valence-corrected chi connectivity index (χ1v) is 4.94. The van der Waals surface area contributed by atoms with E-state index in [1.54, 1.807) is 0 Å². The van der Waals surface area contributed by atoms with Gasteiger partial charge in [0.15, 0.2) is 0 Å². The van der Waals surface area contributed by atoms with Crippen LogP contribution in [0.25, 0.3) is 0 Å². The van der Waals surface area contributed by atoms with Crippen LogP contribution in [0.3, 0.4) is 0 Å². The van der Waals surface area contributed by atoms with Crippen LogP contribution in [0.15, 0.2) is 12.1 Å². The third-order valence-electron chi connectivity index (χ3n) is 1.88. The van der Waals surface area contributed by atoms with Gasteiger partial charge in [-0.1, -0.05) is 20.8 Å². The molecule has 0 spiro atoms. The largest absolute Gasteiger partial charge is 0.384 e. The highest BCUT2D eigenvalue weighted by Crippen LogP contribution is 2.24. The predicted octanol–water partition coefficient (Wildman–Crippen LogP) is 2.03. The molecular formula is C10H16N4O2. The van der Waals surface area contributed by atoms with E-state index in [1.807, 2.05) is 20.8 Å².